The van der Waals surface area contributed by atoms with Crippen LogP contribution in [0.4, 0.5) is 21.6 Å². The summed E-state index contributed by atoms with van der Waals surface area (Å²) in [5.74, 6) is 1.61. The molecule has 5 rings (SSSR count). The van der Waals surface area contributed by atoms with E-state index >= 15 is 0 Å². The largest absolute Gasteiger partial charge is 0.493 e. The molecule has 194 valence electrons. The fourth-order valence-electron chi connectivity index (χ4n) is 4.09. The molecule has 0 saturated carbocycles. The maximum atomic E-state index is 13.6. The molecule has 1 saturated heterocycles. The summed E-state index contributed by atoms with van der Waals surface area (Å²) >= 11 is 5.93. The molecule has 37 heavy (non-hydrogen) atoms. The number of morpholine rings is 1. The highest BCUT2D eigenvalue weighted by Gasteiger charge is 2.22. The second-order valence-electron chi connectivity index (χ2n) is 8.56. The van der Waals surface area contributed by atoms with Gasteiger partial charge in [0.15, 0.2) is 23.0 Å². The first-order valence-electron chi connectivity index (χ1n) is 12.0. The van der Waals surface area contributed by atoms with Gasteiger partial charge in [-0.25, -0.2) is 9.37 Å². The van der Waals surface area contributed by atoms with Crippen LogP contribution in [0.5, 0.6) is 5.88 Å². The summed E-state index contributed by atoms with van der Waals surface area (Å²) in [5, 5.41) is 3.11. The third-order valence-corrected chi connectivity index (χ3v) is 6.27. The van der Waals surface area contributed by atoms with Crippen LogP contribution in [0.25, 0.3) is 0 Å². The zero-order valence-corrected chi connectivity index (χ0v) is 21.1. The van der Waals surface area contributed by atoms with E-state index in [-0.39, 0.29) is 16.8 Å². The molecule has 2 bridgehead atoms. The summed E-state index contributed by atoms with van der Waals surface area (Å²) in [6.45, 7) is 4.94. The Kier molecular flexibility index (Phi) is 7.98. The minimum absolute atomic E-state index is 0.00211. The fourth-order valence-corrected chi connectivity index (χ4v) is 4.28. The van der Waals surface area contributed by atoms with Crippen molar-refractivity contribution in [2.45, 2.75) is 6.42 Å². The van der Waals surface area contributed by atoms with Crippen molar-refractivity contribution in [2.24, 2.45) is 10.9 Å². The molecule has 9 nitrogen and oxygen atoms in total. The fraction of sp³-hybridized carbons (Fsp3) is 0.346. The summed E-state index contributed by atoms with van der Waals surface area (Å²) in [6.07, 6.45) is 9.62. The Morgan fingerprint density at radius 3 is 2.86 bits per heavy atom. The molecule has 1 aliphatic carbocycles. The summed E-state index contributed by atoms with van der Waals surface area (Å²) < 4.78 is 36.8. The molecule has 3 aliphatic rings. The topological polar surface area (TPSA) is 90.3 Å². The van der Waals surface area contributed by atoms with Gasteiger partial charge < -0.3 is 24.3 Å². The van der Waals surface area contributed by atoms with E-state index in [4.69, 9.17) is 30.5 Å². The van der Waals surface area contributed by atoms with Crippen LogP contribution in [0.15, 0.2) is 65.0 Å². The van der Waals surface area contributed by atoms with Crippen LogP contribution < -0.4 is 10.1 Å². The lowest BCUT2D eigenvalue weighted by atomic mass is 10.1. The van der Waals surface area contributed by atoms with E-state index in [2.05, 4.69) is 25.2 Å². The van der Waals surface area contributed by atoms with Crippen molar-refractivity contribution in [3.8, 4) is 5.88 Å². The molecule has 2 aromatic rings. The minimum atomic E-state index is -0.505. The Balaban J connectivity index is 1.33. The van der Waals surface area contributed by atoms with E-state index < -0.39 is 5.82 Å². The number of fused-ring (bicyclic) bond motifs is 2. The average molecular weight is 528 g/mol. The van der Waals surface area contributed by atoms with Crippen molar-refractivity contribution in [1.82, 2.24) is 14.9 Å². The number of aliphatic imine (C=N–C) groups is 1. The monoisotopic (exact) mass is 527 g/mol. The number of ether oxygens (including phenoxy) is 4. The lowest BCUT2D eigenvalue weighted by Crippen LogP contribution is -2.37. The summed E-state index contributed by atoms with van der Waals surface area (Å²) in [6, 6.07) is 4.31. The molecule has 3 heterocycles. The van der Waals surface area contributed by atoms with Gasteiger partial charge in [0.2, 0.25) is 0 Å². The van der Waals surface area contributed by atoms with Crippen LogP contribution >= 0.6 is 11.6 Å². The molecular weight excluding hydrogens is 501 g/mol. The van der Waals surface area contributed by atoms with Gasteiger partial charge in [0, 0.05) is 43.5 Å². The highest BCUT2D eigenvalue weighted by molar-refractivity contribution is 6.31. The molecule has 1 atom stereocenters. The maximum Gasteiger partial charge on any atom is 0.250 e. The Bertz CT molecular complexity index is 1260. The van der Waals surface area contributed by atoms with Crippen molar-refractivity contribution < 1.29 is 23.3 Å². The van der Waals surface area contributed by atoms with Crippen LogP contribution in [0.1, 0.15) is 6.42 Å². The second kappa shape index (κ2) is 11.7. The van der Waals surface area contributed by atoms with Crippen molar-refractivity contribution in [1.29, 1.82) is 0 Å². The normalized spacial score (nSPS) is 19.2. The smallest absolute Gasteiger partial charge is 0.250 e. The summed E-state index contributed by atoms with van der Waals surface area (Å²) in [4.78, 5) is 15.5. The number of hydrogen-bond acceptors (Lipinski definition) is 9. The third kappa shape index (κ3) is 6.27. The quantitative estimate of drug-likeness (QED) is 0.491. The second-order valence-corrected chi connectivity index (χ2v) is 8.96. The SMILES string of the molecule is COC1=CC2=CC(C=Nc3c(Nc4ccc(F)c(Cl)c4)ncnc3O2)C=C1OCCCN1CCOCC1. The van der Waals surface area contributed by atoms with Crippen molar-refractivity contribution in [2.75, 3.05) is 51.9 Å². The van der Waals surface area contributed by atoms with Gasteiger partial charge in [-0.1, -0.05) is 11.6 Å². The van der Waals surface area contributed by atoms with E-state index in [0.717, 1.165) is 39.3 Å². The van der Waals surface area contributed by atoms with Gasteiger partial charge in [-0.15, -0.1) is 0 Å². The molecule has 1 unspecified atom stereocenters. The third-order valence-electron chi connectivity index (χ3n) is 5.98. The molecule has 0 radical (unpaired) electrons. The number of methoxy groups -OCH3 is 1. The van der Waals surface area contributed by atoms with Gasteiger partial charge in [-0.3, -0.25) is 9.89 Å². The number of nitrogens with one attached hydrogen (secondary N) is 1. The number of anilines is 2. The molecule has 0 spiro atoms. The Morgan fingerprint density at radius 2 is 2.05 bits per heavy atom. The zero-order valence-electron chi connectivity index (χ0n) is 20.3. The van der Waals surface area contributed by atoms with Gasteiger partial charge in [-0.05, 0) is 36.8 Å². The number of nitrogens with zero attached hydrogens (tertiary/aromatic N) is 4. The Morgan fingerprint density at radius 1 is 1.19 bits per heavy atom. The highest BCUT2D eigenvalue weighted by atomic mass is 35.5. The minimum Gasteiger partial charge on any atom is -0.493 e. The average Bonchev–Trinajstić information content (AvgIpc) is 3.07. The van der Waals surface area contributed by atoms with E-state index in [1.807, 2.05) is 12.2 Å². The lowest BCUT2D eigenvalue weighted by Gasteiger charge is -2.26. The maximum absolute atomic E-state index is 13.6. The van der Waals surface area contributed by atoms with Crippen LogP contribution in [0, 0.1) is 11.7 Å². The number of hydrogen-bond donors (Lipinski definition) is 1. The highest BCUT2D eigenvalue weighted by Crippen LogP contribution is 2.37. The number of aromatic nitrogens is 2. The van der Waals surface area contributed by atoms with E-state index in [0.29, 0.717) is 41.1 Å². The summed E-state index contributed by atoms with van der Waals surface area (Å²) in [5.41, 5.74) is 0.949. The van der Waals surface area contributed by atoms with Gasteiger partial charge >= 0.3 is 0 Å². The molecular formula is C26H27ClFN5O4. The molecule has 1 aromatic carbocycles. The molecule has 1 N–H and O–H groups in total. The number of halogens is 2. The first-order valence-corrected chi connectivity index (χ1v) is 12.4. The first-order chi connectivity index (χ1) is 18.1. The number of allylic oxidation sites excluding steroid dienone is 3. The zero-order chi connectivity index (χ0) is 25.6. The molecule has 1 aromatic heterocycles. The van der Waals surface area contributed by atoms with E-state index in [1.165, 1.54) is 18.5 Å². The van der Waals surface area contributed by atoms with Crippen LogP contribution in [0.3, 0.4) is 0 Å². The van der Waals surface area contributed by atoms with Gasteiger partial charge in [-0.2, -0.15) is 4.98 Å². The molecule has 1 fully saturated rings. The standard InChI is InChI=1S/C26H27ClFN5O4/c1-34-22-14-19-11-17(12-23(22)36-8-2-5-33-6-9-35-10-7-33)15-29-24-25(30-16-31-26(24)37-19)32-18-3-4-21(28)20(27)13-18/h3-4,11-17H,2,5-10H2,1H3,(H,30,31,32). The summed E-state index contributed by atoms with van der Waals surface area (Å²) in [7, 11) is 1.59. The number of benzene rings is 1. The Labute approximate surface area is 219 Å². The lowest BCUT2D eigenvalue weighted by molar-refractivity contribution is 0.0341. The molecule has 0 amide bonds. The predicted octanol–water partition coefficient (Wildman–Crippen LogP) is 4.77. The van der Waals surface area contributed by atoms with Crippen molar-refractivity contribution in [3.63, 3.8) is 0 Å². The van der Waals surface area contributed by atoms with Crippen LogP contribution in [0.2, 0.25) is 5.02 Å². The van der Waals surface area contributed by atoms with Gasteiger partial charge in [0.1, 0.15) is 17.9 Å². The van der Waals surface area contributed by atoms with Gasteiger partial charge in [0.25, 0.3) is 5.88 Å². The van der Waals surface area contributed by atoms with E-state index in [1.54, 1.807) is 25.5 Å². The Hall–Kier alpha value is -3.47. The predicted molar refractivity (Wildman–Crippen MR) is 138 cm³/mol. The van der Waals surface area contributed by atoms with Crippen molar-refractivity contribution >= 4 is 35.0 Å². The van der Waals surface area contributed by atoms with Crippen LogP contribution in [-0.4, -0.2) is 67.6 Å². The first kappa shape index (κ1) is 25.2. The molecule has 2 aliphatic heterocycles. The molecule has 11 heteroatoms. The van der Waals surface area contributed by atoms with E-state index in [9.17, 15) is 4.39 Å². The number of rotatable bonds is 8. The van der Waals surface area contributed by atoms with Crippen LogP contribution in [-0.2, 0) is 14.2 Å². The van der Waals surface area contributed by atoms with Gasteiger partial charge in [0.05, 0.1) is 32.0 Å². The van der Waals surface area contributed by atoms with Crippen molar-refractivity contribution in [3.05, 3.63) is 70.9 Å².